The number of hydrogen-bond acceptors (Lipinski definition) is 9. The lowest BCUT2D eigenvalue weighted by Crippen LogP contribution is -2.40. The molecule has 2 atom stereocenters. The number of rotatable bonds is 7. The van der Waals surface area contributed by atoms with Crippen molar-refractivity contribution >= 4 is 46.5 Å². The van der Waals surface area contributed by atoms with Gasteiger partial charge in [-0.2, -0.15) is 10.2 Å². The van der Waals surface area contributed by atoms with E-state index in [1.165, 1.54) is 7.11 Å². The fourth-order valence-corrected chi connectivity index (χ4v) is 4.81. The zero-order valence-corrected chi connectivity index (χ0v) is 21.1. The minimum absolute atomic E-state index is 0.0910. The van der Waals surface area contributed by atoms with Gasteiger partial charge in [0.25, 0.3) is 0 Å². The molecule has 5 rings (SSSR count). The monoisotopic (exact) mass is 509 g/mol. The minimum atomic E-state index is -0.461. The molecule has 0 spiro atoms. The second kappa shape index (κ2) is 9.70. The van der Waals surface area contributed by atoms with Crippen molar-refractivity contribution in [1.29, 1.82) is 5.26 Å². The SMILES string of the molecule is CC[C@H]1CN(c2cc(C#N)cc(Nc3nc(NC4CC4)c4ncc(C)n4n3)c2Cl)C[C@H]1NC(=O)OC. The van der Waals surface area contributed by atoms with E-state index < -0.39 is 6.09 Å². The number of nitrogens with zero attached hydrogens (tertiary/aromatic N) is 6. The lowest BCUT2D eigenvalue weighted by atomic mass is 10.0. The number of carbonyl (C=O) groups excluding carboxylic acids is 1. The van der Waals surface area contributed by atoms with Gasteiger partial charge in [-0.05, 0) is 44.2 Å². The number of carbonyl (C=O) groups is 1. The molecule has 2 aliphatic rings. The molecule has 3 aromatic rings. The number of fused-ring (bicyclic) bond motifs is 1. The molecule has 3 heterocycles. The third-order valence-corrected chi connectivity index (χ3v) is 7.07. The van der Waals surface area contributed by atoms with Gasteiger partial charge in [-0.3, -0.25) is 0 Å². The number of anilines is 4. The molecule has 11 nitrogen and oxygen atoms in total. The van der Waals surface area contributed by atoms with Gasteiger partial charge in [0.05, 0.1) is 53.1 Å². The molecular weight excluding hydrogens is 482 g/mol. The number of halogens is 1. The first-order valence-corrected chi connectivity index (χ1v) is 12.4. The molecule has 36 heavy (non-hydrogen) atoms. The Kier molecular flexibility index (Phi) is 6.45. The lowest BCUT2D eigenvalue weighted by molar-refractivity contribution is 0.164. The van der Waals surface area contributed by atoms with Gasteiger partial charge < -0.3 is 25.6 Å². The van der Waals surface area contributed by atoms with Crippen molar-refractivity contribution in [1.82, 2.24) is 24.9 Å². The summed E-state index contributed by atoms with van der Waals surface area (Å²) >= 11 is 6.89. The Bertz CT molecular complexity index is 1350. The van der Waals surface area contributed by atoms with Crippen molar-refractivity contribution in [3.63, 3.8) is 0 Å². The highest BCUT2D eigenvalue weighted by Crippen LogP contribution is 2.38. The molecule has 2 aromatic heterocycles. The minimum Gasteiger partial charge on any atom is -0.453 e. The number of aromatic nitrogens is 4. The first-order chi connectivity index (χ1) is 17.4. The van der Waals surface area contributed by atoms with E-state index in [1.807, 2.05) is 6.92 Å². The van der Waals surface area contributed by atoms with E-state index in [2.05, 4.69) is 48.9 Å². The van der Waals surface area contributed by atoms with Crippen molar-refractivity contribution < 1.29 is 9.53 Å². The van der Waals surface area contributed by atoms with Gasteiger partial charge in [0.15, 0.2) is 11.5 Å². The van der Waals surface area contributed by atoms with Crippen molar-refractivity contribution in [2.45, 2.75) is 45.2 Å². The third-order valence-electron chi connectivity index (χ3n) is 6.67. The fourth-order valence-electron chi connectivity index (χ4n) is 4.53. The van der Waals surface area contributed by atoms with E-state index in [-0.39, 0.29) is 12.0 Å². The molecule has 1 saturated carbocycles. The van der Waals surface area contributed by atoms with Crippen LogP contribution in [-0.4, -0.2) is 58.0 Å². The molecule has 0 bridgehead atoms. The maximum atomic E-state index is 11.8. The Balaban J connectivity index is 1.47. The van der Waals surface area contributed by atoms with E-state index in [4.69, 9.17) is 16.3 Å². The van der Waals surface area contributed by atoms with Gasteiger partial charge >= 0.3 is 6.09 Å². The second-order valence-corrected chi connectivity index (χ2v) is 9.63. The summed E-state index contributed by atoms with van der Waals surface area (Å²) in [4.78, 5) is 23.0. The summed E-state index contributed by atoms with van der Waals surface area (Å²) in [5.74, 6) is 1.21. The summed E-state index contributed by atoms with van der Waals surface area (Å²) in [5.41, 5.74) is 3.22. The summed E-state index contributed by atoms with van der Waals surface area (Å²) in [6.07, 6.45) is 4.36. The first kappa shape index (κ1) is 23.9. The fraction of sp³-hybridized carbons (Fsp3) is 0.458. The predicted octanol–water partition coefficient (Wildman–Crippen LogP) is 3.85. The summed E-state index contributed by atoms with van der Waals surface area (Å²) in [5, 5.41) is 24.3. The van der Waals surface area contributed by atoms with E-state index in [9.17, 15) is 10.1 Å². The zero-order valence-electron chi connectivity index (χ0n) is 20.4. The number of nitrogens with one attached hydrogen (secondary N) is 3. The van der Waals surface area contributed by atoms with Crippen LogP contribution in [0, 0.1) is 24.2 Å². The summed E-state index contributed by atoms with van der Waals surface area (Å²) in [7, 11) is 1.35. The van der Waals surface area contributed by atoms with Crippen LogP contribution in [0.15, 0.2) is 18.3 Å². The quantitative estimate of drug-likeness (QED) is 0.434. The maximum absolute atomic E-state index is 11.8. The van der Waals surface area contributed by atoms with Gasteiger partial charge in [0.2, 0.25) is 5.95 Å². The summed E-state index contributed by atoms with van der Waals surface area (Å²) < 4.78 is 6.52. The largest absolute Gasteiger partial charge is 0.453 e. The van der Waals surface area contributed by atoms with Gasteiger partial charge in [-0.1, -0.05) is 18.5 Å². The van der Waals surface area contributed by atoms with Crippen LogP contribution >= 0.6 is 11.6 Å². The van der Waals surface area contributed by atoms with E-state index in [1.54, 1.807) is 22.8 Å². The average Bonchev–Trinajstić information content (AvgIpc) is 3.48. The van der Waals surface area contributed by atoms with Gasteiger partial charge in [0, 0.05) is 19.1 Å². The van der Waals surface area contributed by atoms with Crippen molar-refractivity contribution in [3.05, 3.63) is 34.6 Å². The molecule has 1 amide bonds. The highest BCUT2D eigenvalue weighted by Gasteiger charge is 2.34. The smallest absolute Gasteiger partial charge is 0.407 e. The highest BCUT2D eigenvalue weighted by atomic mass is 35.5. The van der Waals surface area contributed by atoms with Crippen LogP contribution in [0.4, 0.5) is 27.9 Å². The number of hydrogen-bond donors (Lipinski definition) is 3. The average molecular weight is 510 g/mol. The van der Waals surface area contributed by atoms with Crippen LogP contribution in [0.5, 0.6) is 0 Å². The highest BCUT2D eigenvalue weighted by molar-refractivity contribution is 6.36. The topological polar surface area (TPSA) is 132 Å². The summed E-state index contributed by atoms with van der Waals surface area (Å²) in [6, 6.07) is 5.97. The van der Waals surface area contributed by atoms with Crippen LogP contribution < -0.4 is 20.9 Å². The molecule has 188 valence electrons. The summed E-state index contributed by atoms with van der Waals surface area (Å²) in [6.45, 7) is 5.24. The van der Waals surface area contributed by atoms with Crippen LogP contribution in [0.2, 0.25) is 5.02 Å². The molecule has 1 aliphatic carbocycles. The second-order valence-electron chi connectivity index (χ2n) is 9.25. The Hall–Kier alpha value is -3.78. The predicted molar refractivity (Wildman–Crippen MR) is 137 cm³/mol. The van der Waals surface area contributed by atoms with E-state index >= 15 is 0 Å². The lowest BCUT2D eigenvalue weighted by Gasteiger charge is -2.22. The zero-order chi connectivity index (χ0) is 25.4. The number of imidazole rings is 1. The number of nitriles is 1. The van der Waals surface area contributed by atoms with E-state index in [0.29, 0.717) is 58.5 Å². The molecule has 2 fully saturated rings. The Morgan fingerprint density at radius 3 is 2.83 bits per heavy atom. The number of alkyl carbamates (subject to hydrolysis) is 1. The van der Waals surface area contributed by atoms with Gasteiger partial charge in [-0.15, -0.1) is 5.10 Å². The Morgan fingerprint density at radius 2 is 2.14 bits per heavy atom. The van der Waals surface area contributed by atoms with Crippen LogP contribution in [0.1, 0.15) is 37.4 Å². The Morgan fingerprint density at radius 1 is 1.33 bits per heavy atom. The van der Waals surface area contributed by atoms with Crippen LogP contribution in [-0.2, 0) is 4.74 Å². The third kappa shape index (κ3) is 4.68. The maximum Gasteiger partial charge on any atom is 0.407 e. The Labute approximate surface area is 213 Å². The standard InChI is InChI=1S/C24H28ClN9O2/c1-4-15-11-33(12-18(15)30-24(35)36-3)19-8-14(9-26)7-17(20(19)25)29-23-31-21(28-16-5-6-16)22-27-10-13(2)34(22)32-23/h7-8,10,15-16,18H,4-6,11-12H2,1-3H3,(H,30,35)(H2,28,29,31,32)/t15-,18+/m0/s1. The van der Waals surface area contributed by atoms with E-state index in [0.717, 1.165) is 25.0 Å². The van der Waals surface area contributed by atoms with Crippen molar-refractivity contribution in [3.8, 4) is 6.07 Å². The number of ether oxygens (including phenoxy) is 1. The molecule has 1 aliphatic heterocycles. The number of aryl methyl sites for hydroxylation is 1. The van der Waals surface area contributed by atoms with Gasteiger partial charge in [0.1, 0.15) is 0 Å². The number of amides is 1. The molecule has 3 N–H and O–H groups in total. The molecule has 12 heteroatoms. The molecule has 0 unspecified atom stereocenters. The number of benzene rings is 1. The molecule has 1 aromatic carbocycles. The van der Waals surface area contributed by atoms with Crippen molar-refractivity contribution in [2.24, 2.45) is 5.92 Å². The van der Waals surface area contributed by atoms with Crippen LogP contribution in [0.3, 0.4) is 0 Å². The van der Waals surface area contributed by atoms with Crippen LogP contribution in [0.25, 0.3) is 5.65 Å². The number of methoxy groups -OCH3 is 1. The normalized spacial score (nSPS) is 19.2. The van der Waals surface area contributed by atoms with Crippen molar-refractivity contribution in [2.75, 3.05) is 35.7 Å². The first-order valence-electron chi connectivity index (χ1n) is 12.0. The van der Waals surface area contributed by atoms with Gasteiger partial charge in [-0.25, -0.2) is 14.3 Å². The molecule has 0 radical (unpaired) electrons. The molecule has 1 saturated heterocycles. The molecular formula is C24H28ClN9O2.